The highest BCUT2D eigenvalue weighted by Gasteiger charge is 2.26. The highest BCUT2D eigenvalue weighted by Crippen LogP contribution is 2.28. The molecule has 0 unspecified atom stereocenters. The molecule has 10 nitrogen and oxygen atoms in total. The number of nitrogens with one attached hydrogen (secondary N) is 2. The van der Waals surface area contributed by atoms with E-state index in [0.717, 1.165) is 36.7 Å². The third-order valence-corrected chi connectivity index (χ3v) is 7.82. The zero-order valence-electron chi connectivity index (χ0n) is 23.1. The number of hydrogen-bond donors (Lipinski definition) is 2. The van der Waals surface area contributed by atoms with Crippen LogP contribution in [0.15, 0.2) is 53.6 Å². The zero-order valence-corrected chi connectivity index (χ0v) is 23.8. The molecule has 0 aliphatic heterocycles. The summed E-state index contributed by atoms with van der Waals surface area (Å²) in [6.45, 7) is 3.40. The number of carbonyl (C=O) groups excluding carboxylic acids is 1. The number of anilines is 1. The van der Waals surface area contributed by atoms with Gasteiger partial charge in [-0.25, -0.2) is 9.78 Å². The Morgan fingerprint density at radius 3 is 2.63 bits per heavy atom. The van der Waals surface area contributed by atoms with Crippen molar-refractivity contribution in [1.82, 2.24) is 24.4 Å². The lowest BCUT2D eigenvalue weighted by molar-refractivity contribution is 0.0919. The minimum atomic E-state index is -0.205. The van der Waals surface area contributed by atoms with Gasteiger partial charge in [0.2, 0.25) is 0 Å². The lowest BCUT2D eigenvalue weighted by Gasteiger charge is -2.29. The van der Waals surface area contributed by atoms with Gasteiger partial charge in [0.25, 0.3) is 5.91 Å². The Kier molecular flexibility index (Phi) is 8.67. The molecule has 3 heterocycles. The van der Waals surface area contributed by atoms with E-state index in [1.807, 2.05) is 24.3 Å². The van der Waals surface area contributed by atoms with Gasteiger partial charge in [0.1, 0.15) is 11.9 Å². The number of nitrogens with zero attached hydrogens (tertiary/aromatic N) is 5. The highest BCUT2D eigenvalue weighted by atomic mass is 35.5. The van der Waals surface area contributed by atoms with Crippen LogP contribution in [0.5, 0.6) is 0 Å². The topological polar surface area (TPSA) is 127 Å². The summed E-state index contributed by atoms with van der Waals surface area (Å²) < 4.78 is 8.44. The molecule has 41 heavy (non-hydrogen) atoms. The van der Waals surface area contributed by atoms with E-state index in [9.17, 15) is 14.9 Å². The summed E-state index contributed by atoms with van der Waals surface area (Å²) in [5.74, 6) is 0.655. The summed E-state index contributed by atoms with van der Waals surface area (Å²) in [6, 6.07) is 13.2. The van der Waals surface area contributed by atoms with Crippen LogP contribution >= 0.6 is 11.6 Å². The van der Waals surface area contributed by atoms with Gasteiger partial charge >= 0.3 is 5.69 Å². The highest BCUT2D eigenvalue weighted by molar-refractivity contribution is 6.30. The molecule has 0 bridgehead atoms. The van der Waals surface area contributed by atoms with Gasteiger partial charge in [-0.2, -0.15) is 5.26 Å². The largest absolute Gasteiger partial charge is 0.383 e. The Morgan fingerprint density at radius 1 is 1.15 bits per heavy atom. The summed E-state index contributed by atoms with van der Waals surface area (Å²) in [5.41, 5.74) is 3.26. The molecule has 1 saturated carbocycles. The van der Waals surface area contributed by atoms with Crippen LogP contribution in [0.3, 0.4) is 0 Å². The molecule has 0 atom stereocenters. The normalized spacial score (nSPS) is 16.8. The van der Waals surface area contributed by atoms with E-state index in [0.29, 0.717) is 53.0 Å². The van der Waals surface area contributed by atoms with Gasteiger partial charge in [-0.3, -0.25) is 18.9 Å². The molecule has 4 aromatic rings. The van der Waals surface area contributed by atoms with Crippen molar-refractivity contribution < 1.29 is 9.53 Å². The number of aryl methyl sites for hydroxylation is 1. The van der Waals surface area contributed by atoms with Gasteiger partial charge in [0, 0.05) is 38.5 Å². The zero-order chi connectivity index (χ0) is 28.9. The van der Waals surface area contributed by atoms with Crippen molar-refractivity contribution in [2.75, 3.05) is 25.6 Å². The molecule has 1 aliphatic rings. The first-order valence-corrected chi connectivity index (χ1v) is 14.0. The number of carbonyl (C=O) groups is 1. The number of methoxy groups -OCH3 is 1. The fraction of sp³-hybridized carbons (Fsp3) is 0.367. The molecule has 1 fully saturated rings. The molecule has 11 heteroatoms. The number of hydrogen-bond acceptors (Lipinski definition) is 7. The smallest absolute Gasteiger partial charge is 0.333 e. The fourth-order valence-corrected chi connectivity index (χ4v) is 5.62. The van der Waals surface area contributed by atoms with Crippen LogP contribution < -0.4 is 16.3 Å². The maximum atomic E-state index is 13.8. The maximum Gasteiger partial charge on any atom is 0.333 e. The number of nitriles is 1. The third-order valence-electron chi connectivity index (χ3n) is 7.61. The minimum absolute atomic E-state index is 0.0514. The average molecular weight is 574 g/mol. The number of para-hydroxylation sites is 2. The van der Waals surface area contributed by atoms with Crippen molar-refractivity contribution in [2.24, 2.45) is 5.92 Å². The molecular formula is C30H32ClN7O3. The van der Waals surface area contributed by atoms with Gasteiger partial charge in [0.15, 0.2) is 0 Å². The first-order chi connectivity index (χ1) is 19.9. The Morgan fingerprint density at radius 2 is 1.90 bits per heavy atom. The van der Waals surface area contributed by atoms with Crippen LogP contribution in [0.2, 0.25) is 5.02 Å². The molecule has 0 spiro atoms. The van der Waals surface area contributed by atoms with Crippen molar-refractivity contribution in [3.05, 3.63) is 81.1 Å². The van der Waals surface area contributed by atoms with Crippen LogP contribution in [0, 0.1) is 24.2 Å². The second-order valence-corrected chi connectivity index (χ2v) is 10.7. The summed E-state index contributed by atoms with van der Waals surface area (Å²) in [5, 5.41) is 16.6. The van der Waals surface area contributed by atoms with Gasteiger partial charge in [-0.05, 0) is 56.7 Å². The maximum absolute atomic E-state index is 13.8. The van der Waals surface area contributed by atoms with Gasteiger partial charge in [-0.1, -0.05) is 23.7 Å². The number of aromatic nitrogens is 4. The predicted octanol–water partition coefficient (Wildman–Crippen LogP) is 4.46. The Bertz CT molecular complexity index is 1670. The first kappa shape index (κ1) is 28.3. The number of pyridine rings is 2. The Labute approximate surface area is 242 Å². The molecule has 2 N–H and O–H groups in total. The number of imidazole rings is 1. The molecule has 1 aromatic carbocycles. The lowest BCUT2D eigenvalue weighted by Crippen LogP contribution is -2.39. The summed E-state index contributed by atoms with van der Waals surface area (Å²) in [6.07, 6.45) is 6.48. The number of rotatable bonds is 9. The molecule has 3 aromatic heterocycles. The van der Waals surface area contributed by atoms with E-state index >= 15 is 0 Å². The van der Waals surface area contributed by atoms with Crippen LogP contribution in [0.1, 0.15) is 47.3 Å². The quantitative estimate of drug-likeness (QED) is 0.283. The molecule has 1 amide bonds. The van der Waals surface area contributed by atoms with Crippen LogP contribution in [-0.2, 0) is 11.3 Å². The van der Waals surface area contributed by atoms with Crippen molar-refractivity contribution in [1.29, 1.82) is 5.26 Å². The van der Waals surface area contributed by atoms with Crippen LogP contribution in [0.4, 0.5) is 5.82 Å². The molecule has 0 saturated heterocycles. The van der Waals surface area contributed by atoms with Crippen LogP contribution in [0.25, 0.3) is 16.7 Å². The second kappa shape index (κ2) is 12.5. The number of benzene rings is 1. The third kappa shape index (κ3) is 6.11. The van der Waals surface area contributed by atoms with Gasteiger partial charge in [0.05, 0.1) is 51.4 Å². The van der Waals surface area contributed by atoms with E-state index in [-0.39, 0.29) is 23.6 Å². The SMILES string of the molecule is COCCNc1cc(C#N)c(-n2c(=O)n(C[C@H]3CC[C@H](NC(=O)c4cc(Cl)cnc4C)CC3)c3ccccc32)cn1. The van der Waals surface area contributed by atoms with E-state index in [1.54, 1.807) is 41.5 Å². The van der Waals surface area contributed by atoms with Gasteiger partial charge < -0.3 is 15.4 Å². The molecule has 1 aliphatic carbocycles. The minimum Gasteiger partial charge on any atom is -0.383 e. The molecule has 5 rings (SSSR count). The molecule has 0 radical (unpaired) electrons. The monoisotopic (exact) mass is 573 g/mol. The fourth-order valence-electron chi connectivity index (χ4n) is 5.46. The van der Waals surface area contributed by atoms with Crippen molar-refractivity contribution in [2.45, 2.75) is 45.2 Å². The van der Waals surface area contributed by atoms with E-state index in [4.69, 9.17) is 16.3 Å². The Hall–Kier alpha value is -4.20. The van der Waals surface area contributed by atoms with E-state index in [1.165, 1.54) is 6.20 Å². The van der Waals surface area contributed by atoms with Crippen LogP contribution in [-0.4, -0.2) is 51.3 Å². The summed E-state index contributed by atoms with van der Waals surface area (Å²) in [4.78, 5) is 35.3. The first-order valence-electron chi connectivity index (χ1n) is 13.7. The number of halogens is 1. The molecular weight excluding hydrogens is 542 g/mol. The standard InChI is InChI=1S/C30H32ClN7O3/c1-19-24(14-22(31)16-34-19)29(39)36-23-9-7-20(8-10-23)18-37-25-5-3-4-6-26(25)38(30(37)40)27-17-35-28(13-21(27)15-32)33-11-12-41-2/h3-6,13-14,16-17,20,23H,7-12,18H2,1-2H3,(H,33,35)(H,36,39)/t20-,23-. The van der Waals surface area contributed by atoms with Crippen molar-refractivity contribution in [3.63, 3.8) is 0 Å². The summed E-state index contributed by atoms with van der Waals surface area (Å²) in [7, 11) is 1.62. The second-order valence-electron chi connectivity index (χ2n) is 10.3. The number of ether oxygens (including phenoxy) is 1. The Balaban J connectivity index is 1.33. The van der Waals surface area contributed by atoms with E-state index < -0.39 is 0 Å². The number of fused-ring (bicyclic) bond motifs is 1. The van der Waals surface area contributed by atoms with E-state index in [2.05, 4.69) is 26.7 Å². The van der Waals surface area contributed by atoms with Crippen molar-refractivity contribution >= 4 is 34.4 Å². The number of amides is 1. The molecule has 212 valence electrons. The van der Waals surface area contributed by atoms with Crippen molar-refractivity contribution in [3.8, 4) is 11.8 Å². The lowest BCUT2D eigenvalue weighted by atomic mass is 9.85. The predicted molar refractivity (Wildman–Crippen MR) is 158 cm³/mol. The van der Waals surface area contributed by atoms with Gasteiger partial charge in [-0.15, -0.1) is 0 Å². The average Bonchev–Trinajstić information content (AvgIpc) is 3.26. The summed E-state index contributed by atoms with van der Waals surface area (Å²) >= 11 is 6.04.